The number of carboxylic acids is 1. The molecule has 1 rings (SSSR count). The zero-order valence-electron chi connectivity index (χ0n) is 8.06. The first-order chi connectivity index (χ1) is 6.40. The highest BCUT2D eigenvalue weighted by Crippen LogP contribution is 2.26. The average molecular weight is 203 g/mol. The maximum absolute atomic E-state index is 11.0. The summed E-state index contributed by atoms with van der Waals surface area (Å²) in [6, 6.07) is 0. The number of carboxylic acid groups (broad SMARTS) is 2. The third-order valence-corrected chi connectivity index (χ3v) is 2.70. The van der Waals surface area contributed by atoms with Crippen molar-refractivity contribution in [3.05, 3.63) is 0 Å². The highest BCUT2D eigenvalue weighted by Gasteiger charge is 2.50. The van der Waals surface area contributed by atoms with Gasteiger partial charge >= 0.3 is 12.1 Å². The van der Waals surface area contributed by atoms with Crippen LogP contribution in [0.2, 0.25) is 0 Å². The van der Waals surface area contributed by atoms with Gasteiger partial charge in [-0.15, -0.1) is 0 Å². The zero-order valence-corrected chi connectivity index (χ0v) is 8.06. The molecule has 1 heterocycles. The summed E-state index contributed by atoms with van der Waals surface area (Å²) in [4.78, 5) is 22.7. The van der Waals surface area contributed by atoms with Gasteiger partial charge < -0.3 is 14.9 Å². The number of aliphatic carboxylic acids is 1. The number of hydrogen-bond acceptors (Lipinski definition) is 3. The first-order valence-corrected chi connectivity index (χ1v) is 4.26. The third-order valence-electron chi connectivity index (χ3n) is 2.70. The number of rotatable bonds is 1. The molecule has 0 aromatic heterocycles. The highest BCUT2D eigenvalue weighted by atomic mass is 16.5. The van der Waals surface area contributed by atoms with Gasteiger partial charge in [0.15, 0.2) is 5.54 Å². The topological polar surface area (TPSA) is 87.1 Å². The number of carbonyl (C=O) groups is 2. The summed E-state index contributed by atoms with van der Waals surface area (Å²) in [6.45, 7) is 3.23. The molecule has 1 amide bonds. The fourth-order valence-electron chi connectivity index (χ4n) is 1.52. The summed E-state index contributed by atoms with van der Waals surface area (Å²) in [5, 5.41) is 17.8. The second kappa shape index (κ2) is 3.45. The molecular weight excluding hydrogens is 190 g/mol. The standard InChI is InChI=1S/C8H13NO5/c1-5-8(2,6(10)11)9(7(12)13)3-4-14-5/h5H,3-4H2,1-2H3,(H,10,11)(H,12,13). The van der Waals surface area contributed by atoms with Crippen LogP contribution in [-0.2, 0) is 9.53 Å². The van der Waals surface area contributed by atoms with E-state index >= 15 is 0 Å². The Morgan fingerprint density at radius 1 is 1.50 bits per heavy atom. The molecule has 80 valence electrons. The van der Waals surface area contributed by atoms with E-state index in [1.165, 1.54) is 6.92 Å². The van der Waals surface area contributed by atoms with Crippen LogP contribution in [0.3, 0.4) is 0 Å². The van der Waals surface area contributed by atoms with E-state index in [9.17, 15) is 9.59 Å². The minimum atomic E-state index is -1.50. The lowest BCUT2D eigenvalue weighted by Gasteiger charge is -2.43. The molecule has 2 atom stereocenters. The van der Waals surface area contributed by atoms with Gasteiger partial charge in [0.1, 0.15) is 0 Å². The Kier molecular flexibility index (Phi) is 2.66. The molecule has 6 nitrogen and oxygen atoms in total. The van der Waals surface area contributed by atoms with Crippen molar-refractivity contribution in [1.82, 2.24) is 4.90 Å². The largest absolute Gasteiger partial charge is 0.479 e. The predicted octanol–water partition coefficient (Wildman–Crippen LogP) is 0.228. The Morgan fingerprint density at radius 2 is 2.07 bits per heavy atom. The van der Waals surface area contributed by atoms with Crippen molar-refractivity contribution in [2.45, 2.75) is 25.5 Å². The van der Waals surface area contributed by atoms with Crippen molar-refractivity contribution >= 4 is 12.1 Å². The van der Waals surface area contributed by atoms with Gasteiger partial charge in [-0.25, -0.2) is 9.59 Å². The Labute approximate surface area is 81.1 Å². The summed E-state index contributed by atoms with van der Waals surface area (Å²) in [6.07, 6.45) is -1.88. The molecule has 0 aromatic carbocycles. The van der Waals surface area contributed by atoms with Gasteiger partial charge in [0.2, 0.25) is 0 Å². The van der Waals surface area contributed by atoms with Crippen molar-refractivity contribution in [3.63, 3.8) is 0 Å². The molecule has 1 aliphatic rings. The molecule has 0 aliphatic carbocycles. The van der Waals surface area contributed by atoms with Crippen LogP contribution in [-0.4, -0.2) is 52.0 Å². The number of ether oxygens (including phenoxy) is 1. The number of nitrogens with zero attached hydrogens (tertiary/aromatic N) is 1. The van der Waals surface area contributed by atoms with E-state index in [1.54, 1.807) is 6.92 Å². The van der Waals surface area contributed by atoms with Crippen LogP contribution in [0, 0.1) is 0 Å². The fourth-order valence-corrected chi connectivity index (χ4v) is 1.52. The third kappa shape index (κ3) is 1.41. The number of amides is 1. The Morgan fingerprint density at radius 3 is 2.43 bits per heavy atom. The normalized spacial score (nSPS) is 32.7. The lowest BCUT2D eigenvalue weighted by molar-refractivity contribution is -0.168. The van der Waals surface area contributed by atoms with Crippen molar-refractivity contribution in [1.29, 1.82) is 0 Å². The maximum Gasteiger partial charge on any atom is 0.408 e. The number of morpholine rings is 1. The van der Waals surface area contributed by atoms with Crippen LogP contribution in [0.5, 0.6) is 0 Å². The summed E-state index contributed by atoms with van der Waals surface area (Å²) in [5.74, 6) is -1.19. The molecule has 0 radical (unpaired) electrons. The fraction of sp³-hybridized carbons (Fsp3) is 0.750. The number of hydrogen-bond donors (Lipinski definition) is 2. The molecule has 0 aromatic rings. The van der Waals surface area contributed by atoms with E-state index in [4.69, 9.17) is 14.9 Å². The lowest BCUT2D eigenvalue weighted by Crippen LogP contribution is -2.65. The molecular formula is C8H13NO5. The van der Waals surface area contributed by atoms with Crippen LogP contribution in [0.1, 0.15) is 13.8 Å². The van der Waals surface area contributed by atoms with Gasteiger partial charge in [-0.05, 0) is 13.8 Å². The smallest absolute Gasteiger partial charge is 0.408 e. The van der Waals surface area contributed by atoms with E-state index in [1.807, 2.05) is 0 Å². The van der Waals surface area contributed by atoms with E-state index in [2.05, 4.69) is 0 Å². The summed E-state index contributed by atoms with van der Waals surface area (Å²) in [7, 11) is 0. The van der Waals surface area contributed by atoms with E-state index < -0.39 is 23.7 Å². The Bertz CT molecular complexity index is 266. The van der Waals surface area contributed by atoms with Crippen molar-refractivity contribution in [2.24, 2.45) is 0 Å². The molecule has 0 saturated carbocycles. The second-order valence-corrected chi connectivity index (χ2v) is 3.40. The molecule has 1 saturated heterocycles. The average Bonchev–Trinajstić information content (AvgIpc) is 2.08. The molecule has 0 spiro atoms. The summed E-state index contributed by atoms with van der Waals surface area (Å²) in [5.41, 5.74) is -1.50. The zero-order chi connectivity index (χ0) is 10.9. The Hall–Kier alpha value is -1.30. The maximum atomic E-state index is 11.0. The predicted molar refractivity (Wildman–Crippen MR) is 46.2 cm³/mol. The minimum Gasteiger partial charge on any atom is -0.479 e. The van der Waals surface area contributed by atoms with E-state index in [0.29, 0.717) is 0 Å². The molecule has 1 fully saturated rings. The van der Waals surface area contributed by atoms with Crippen LogP contribution in [0.15, 0.2) is 0 Å². The van der Waals surface area contributed by atoms with Crippen molar-refractivity contribution in [3.8, 4) is 0 Å². The van der Waals surface area contributed by atoms with Gasteiger partial charge in [-0.2, -0.15) is 0 Å². The Balaban J connectivity index is 3.03. The second-order valence-electron chi connectivity index (χ2n) is 3.40. The first-order valence-electron chi connectivity index (χ1n) is 4.26. The summed E-state index contributed by atoms with van der Waals surface area (Å²) >= 11 is 0. The lowest BCUT2D eigenvalue weighted by atomic mass is 9.92. The molecule has 0 bridgehead atoms. The molecule has 1 aliphatic heterocycles. The van der Waals surface area contributed by atoms with E-state index in [0.717, 1.165) is 4.90 Å². The van der Waals surface area contributed by atoms with Crippen LogP contribution in [0.25, 0.3) is 0 Å². The van der Waals surface area contributed by atoms with Gasteiger partial charge in [0.25, 0.3) is 0 Å². The monoisotopic (exact) mass is 203 g/mol. The molecule has 2 unspecified atom stereocenters. The van der Waals surface area contributed by atoms with Crippen molar-refractivity contribution in [2.75, 3.05) is 13.2 Å². The van der Waals surface area contributed by atoms with Crippen LogP contribution < -0.4 is 0 Å². The highest BCUT2D eigenvalue weighted by molar-refractivity contribution is 5.84. The SMILES string of the molecule is CC1OCCN(C(=O)O)C1(C)C(=O)O. The van der Waals surface area contributed by atoms with Gasteiger partial charge in [0, 0.05) is 6.54 Å². The van der Waals surface area contributed by atoms with Crippen molar-refractivity contribution < 1.29 is 24.5 Å². The molecule has 14 heavy (non-hydrogen) atoms. The minimum absolute atomic E-state index is 0.0858. The molecule has 2 N–H and O–H groups in total. The van der Waals surface area contributed by atoms with Crippen LogP contribution in [0.4, 0.5) is 4.79 Å². The van der Waals surface area contributed by atoms with Gasteiger partial charge in [-0.3, -0.25) is 4.90 Å². The first kappa shape index (κ1) is 10.8. The summed E-state index contributed by atoms with van der Waals surface area (Å²) < 4.78 is 5.15. The molecule has 6 heteroatoms. The van der Waals surface area contributed by atoms with Gasteiger partial charge in [-0.1, -0.05) is 0 Å². The quantitative estimate of drug-likeness (QED) is 0.637. The van der Waals surface area contributed by atoms with Crippen LogP contribution >= 0.6 is 0 Å². The van der Waals surface area contributed by atoms with E-state index in [-0.39, 0.29) is 13.2 Å². The van der Waals surface area contributed by atoms with Gasteiger partial charge in [0.05, 0.1) is 12.7 Å².